The zero-order valence-corrected chi connectivity index (χ0v) is 29.5. The van der Waals surface area contributed by atoms with Gasteiger partial charge < -0.3 is 4.57 Å². The van der Waals surface area contributed by atoms with E-state index < -0.39 is 0 Å². The molecule has 12 aromatic rings. The Labute approximate surface area is 314 Å². The molecule has 6 nitrogen and oxygen atoms in total. The molecule has 0 saturated heterocycles. The Morgan fingerprint density at radius 2 is 0.964 bits per heavy atom. The van der Waals surface area contributed by atoms with Gasteiger partial charge >= 0.3 is 0 Å². The third kappa shape index (κ3) is 4.39. The van der Waals surface area contributed by atoms with Gasteiger partial charge in [0.1, 0.15) is 0 Å². The highest BCUT2D eigenvalue weighted by Gasteiger charge is 2.20. The first-order chi connectivity index (χ1) is 27.3. The molecule has 0 aliphatic carbocycles. The highest BCUT2D eigenvalue weighted by molar-refractivity contribution is 6.16. The molecule has 0 N–H and O–H groups in total. The predicted molar refractivity (Wildman–Crippen MR) is 225 cm³/mol. The van der Waals surface area contributed by atoms with Crippen molar-refractivity contribution in [1.82, 2.24) is 28.5 Å². The molecule has 0 unspecified atom stereocenters. The summed E-state index contributed by atoms with van der Waals surface area (Å²) < 4.78 is 6.78. The number of aromatic nitrogens is 6. The predicted octanol–water partition coefficient (Wildman–Crippen LogP) is 12.0. The second-order valence-electron chi connectivity index (χ2n) is 14.1. The summed E-state index contributed by atoms with van der Waals surface area (Å²) in [7, 11) is 0. The van der Waals surface area contributed by atoms with Gasteiger partial charge in [-0.2, -0.15) is 0 Å². The van der Waals surface area contributed by atoms with Crippen molar-refractivity contribution in [1.29, 1.82) is 0 Å². The Balaban J connectivity index is 1.08. The first-order valence-corrected chi connectivity index (χ1v) is 18.5. The van der Waals surface area contributed by atoms with Crippen LogP contribution >= 0.6 is 0 Å². The van der Waals surface area contributed by atoms with Crippen molar-refractivity contribution in [2.45, 2.75) is 0 Å². The Morgan fingerprint density at radius 3 is 1.75 bits per heavy atom. The van der Waals surface area contributed by atoms with Crippen LogP contribution in [0, 0.1) is 0 Å². The van der Waals surface area contributed by atoms with Crippen LogP contribution in [0.5, 0.6) is 0 Å². The number of benzene rings is 7. The number of rotatable bonds is 4. The van der Waals surface area contributed by atoms with E-state index in [1.807, 2.05) is 12.1 Å². The van der Waals surface area contributed by atoms with E-state index in [0.717, 1.165) is 88.5 Å². The standard InChI is InChI=1S/C49H30N6/c1-3-13-31(14-4-1)46-37-18-7-9-19-40(37)51-49(52-46)55-42-21-11-8-17-35(42)38-29-32(24-26-44(38)55)33-23-25-43-39(30-33)36-27-28-53-45-22-12-10-20-41(45)50-48(53)47(36)54(43)34-15-5-2-6-16-34/h1-30H. The molecule has 55 heavy (non-hydrogen) atoms. The lowest BCUT2D eigenvalue weighted by molar-refractivity contribution is 1.01. The van der Waals surface area contributed by atoms with Gasteiger partial charge in [-0.15, -0.1) is 0 Å². The van der Waals surface area contributed by atoms with Crippen molar-refractivity contribution in [3.63, 3.8) is 0 Å². The fourth-order valence-electron chi connectivity index (χ4n) is 8.59. The van der Waals surface area contributed by atoms with Crippen LogP contribution < -0.4 is 0 Å². The normalized spacial score (nSPS) is 12.0. The highest BCUT2D eigenvalue weighted by Crippen LogP contribution is 2.40. The van der Waals surface area contributed by atoms with Crippen LogP contribution in [0.4, 0.5) is 0 Å². The van der Waals surface area contributed by atoms with E-state index in [-0.39, 0.29) is 0 Å². The number of imidazole rings is 1. The van der Waals surface area contributed by atoms with Crippen LogP contribution in [0.25, 0.3) is 105 Å². The molecule has 7 aromatic carbocycles. The second-order valence-corrected chi connectivity index (χ2v) is 14.1. The van der Waals surface area contributed by atoms with Crippen LogP contribution in [-0.2, 0) is 0 Å². The molecule has 0 radical (unpaired) electrons. The summed E-state index contributed by atoms with van der Waals surface area (Å²) in [6.45, 7) is 0. The van der Waals surface area contributed by atoms with E-state index >= 15 is 0 Å². The smallest absolute Gasteiger partial charge is 0.235 e. The molecule has 0 spiro atoms. The van der Waals surface area contributed by atoms with Crippen molar-refractivity contribution < 1.29 is 0 Å². The van der Waals surface area contributed by atoms with Gasteiger partial charge in [-0.25, -0.2) is 15.0 Å². The SMILES string of the molecule is c1ccc(-c2nc(-n3c4ccccc4c4cc(-c5ccc6c(c5)c5ccn7c8ccccc8nc7c5n6-c5ccccc5)ccc43)nc3ccccc23)cc1. The summed E-state index contributed by atoms with van der Waals surface area (Å²) in [6.07, 6.45) is 2.16. The molecule has 5 aromatic heterocycles. The lowest BCUT2D eigenvalue weighted by atomic mass is 10.0. The first-order valence-electron chi connectivity index (χ1n) is 18.5. The average Bonchev–Trinajstić information content (AvgIpc) is 3.91. The maximum absolute atomic E-state index is 5.26. The van der Waals surface area contributed by atoms with Crippen LogP contribution in [0.2, 0.25) is 0 Å². The largest absolute Gasteiger partial charge is 0.306 e. The number of para-hydroxylation sites is 5. The van der Waals surface area contributed by atoms with Gasteiger partial charge in [-0.05, 0) is 77.9 Å². The third-order valence-electron chi connectivity index (χ3n) is 11.1. The summed E-state index contributed by atoms with van der Waals surface area (Å²) >= 11 is 0. The lowest BCUT2D eigenvalue weighted by Crippen LogP contribution is -2.03. The average molecular weight is 703 g/mol. The maximum atomic E-state index is 5.26. The zero-order chi connectivity index (χ0) is 36.0. The van der Waals surface area contributed by atoms with Crippen LogP contribution in [0.3, 0.4) is 0 Å². The molecule has 0 amide bonds. The van der Waals surface area contributed by atoms with Crippen LogP contribution in [0.1, 0.15) is 0 Å². The van der Waals surface area contributed by atoms with Crippen LogP contribution in [0.15, 0.2) is 182 Å². The molecule has 0 fully saturated rings. The van der Waals surface area contributed by atoms with Crippen molar-refractivity contribution >= 4 is 71.2 Å². The molecule has 256 valence electrons. The minimum atomic E-state index is 0.657. The molecule has 12 rings (SSSR count). The first kappa shape index (κ1) is 29.9. The van der Waals surface area contributed by atoms with Gasteiger partial charge in [-0.1, -0.05) is 109 Å². The van der Waals surface area contributed by atoms with Gasteiger partial charge in [0, 0.05) is 44.4 Å². The van der Waals surface area contributed by atoms with Gasteiger partial charge in [0.15, 0.2) is 5.65 Å². The maximum Gasteiger partial charge on any atom is 0.235 e. The molecule has 0 aliphatic heterocycles. The van der Waals surface area contributed by atoms with Gasteiger partial charge in [0.2, 0.25) is 5.95 Å². The number of hydrogen-bond acceptors (Lipinski definition) is 3. The summed E-state index contributed by atoms with van der Waals surface area (Å²) in [6, 6.07) is 62.1. The van der Waals surface area contributed by atoms with Crippen molar-refractivity contribution in [3.05, 3.63) is 182 Å². The summed E-state index contributed by atoms with van der Waals surface area (Å²) in [5.41, 5.74) is 13.7. The van der Waals surface area contributed by atoms with Gasteiger partial charge in [0.25, 0.3) is 0 Å². The van der Waals surface area contributed by atoms with E-state index in [0.29, 0.717) is 5.95 Å². The van der Waals surface area contributed by atoms with E-state index in [2.05, 4.69) is 184 Å². The fraction of sp³-hybridized carbons (Fsp3) is 0. The third-order valence-corrected chi connectivity index (χ3v) is 11.1. The lowest BCUT2D eigenvalue weighted by Gasteiger charge is -2.12. The van der Waals surface area contributed by atoms with Crippen molar-refractivity contribution in [2.75, 3.05) is 0 Å². The number of pyridine rings is 1. The number of fused-ring (bicyclic) bond motifs is 11. The molecule has 0 bridgehead atoms. The van der Waals surface area contributed by atoms with Crippen LogP contribution in [-0.4, -0.2) is 28.5 Å². The topological polar surface area (TPSA) is 52.9 Å². The van der Waals surface area contributed by atoms with Gasteiger partial charge in [0.05, 0.1) is 44.3 Å². The summed E-state index contributed by atoms with van der Waals surface area (Å²) in [4.78, 5) is 15.6. The quantitative estimate of drug-likeness (QED) is 0.183. The second kappa shape index (κ2) is 11.5. The summed E-state index contributed by atoms with van der Waals surface area (Å²) in [5, 5.41) is 5.71. The van der Waals surface area contributed by atoms with E-state index in [1.165, 1.54) is 10.8 Å². The molecular formula is C49H30N6. The number of hydrogen-bond donors (Lipinski definition) is 0. The minimum absolute atomic E-state index is 0.657. The zero-order valence-electron chi connectivity index (χ0n) is 29.5. The minimum Gasteiger partial charge on any atom is -0.306 e. The van der Waals surface area contributed by atoms with E-state index in [1.54, 1.807) is 0 Å². The van der Waals surface area contributed by atoms with E-state index in [9.17, 15) is 0 Å². The van der Waals surface area contributed by atoms with E-state index in [4.69, 9.17) is 15.0 Å². The molecule has 5 heterocycles. The molecule has 0 aliphatic rings. The monoisotopic (exact) mass is 702 g/mol. The van der Waals surface area contributed by atoms with Gasteiger partial charge in [-0.3, -0.25) is 8.97 Å². The van der Waals surface area contributed by atoms with Crippen molar-refractivity contribution in [3.8, 4) is 34.0 Å². The molecule has 0 saturated carbocycles. The molecule has 6 heteroatoms. The molecule has 0 atom stereocenters. The Kier molecular flexibility index (Phi) is 6.24. The summed E-state index contributed by atoms with van der Waals surface area (Å²) in [5.74, 6) is 0.657. The highest BCUT2D eigenvalue weighted by atomic mass is 15.2. The Morgan fingerprint density at radius 1 is 0.364 bits per heavy atom. The Hall–Kier alpha value is -7.57. The Bertz CT molecular complexity index is 3480. The molecular weight excluding hydrogens is 673 g/mol. The fourth-order valence-corrected chi connectivity index (χ4v) is 8.59. The number of nitrogens with zero attached hydrogens (tertiary/aromatic N) is 6. The van der Waals surface area contributed by atoms with Crippen molar-refractivity contribution in [2.24, 2.45) is 0 Å².